The van der Waals surface area contributed by atoms with Crippen molar-refractivity contribution in [3.05, 3.63) is 109 Å². The molecule has 2 aromatic carbocycles. The first-order chi connectivity index (χ1) is 35.2. The summed E-state index contributed by atoms with van der Waals surface area (Å²) in [6, 6.07) is 12.0. The van der Waals surface area contributed by atoms with Gasteiger partial charge in [-0.1, -0.05) is 269 Å². The first-order valence-electron chi connectivity index (χ1n) is 29.0. The SMILES string of the molecule is CCCCC/C=C/CCCCCCCCCOC(=O)c1ccccc1C(=O)[O-].CCCCC/C=C/CCCCCCCCCOC(=O)c1ccccc1C(=O)[O-].[CH2]CCCCCCC.[CH2]CCCCCCC.[Sn+2]. The zero-order valence-electron chi connectivity index (χ0n) is 47.0. The minimum atomic E-state index is -1.36. The zero-order valence-corrected chi connectivity index (χ0v) is 49.8. The summed E-state index contributed by atoms with van der Waals surface area (Å²) in [5, 5.41) is 22.0. The summed E-state index contributed by atoms with van der Waals surface area (Å²) in [5.41, 5.74) is -0.129. The quantitative estimate of drug-likeness (QED) is 0.0278. The number of hydrogen-bond acceptors (Lipinski definition) is 8. The molecule has 0 bridgehead atoms. The molecule has 0 aromatic heterocycles. The third kappa shape index (κ3) is 49.3. The summed E-state index contributed by atoms with van der Waals surface area (Å²) in [4.78, 5) is 46.0. The topological polar surface area (TPSA) is 133 Å². The second-order valence-electron chi connectivity index (χ2n) is 18.9. The van der Waals surface area contributed by atoms with Crippen LogP contribution in [0.15, 0.2) is 72.8 Å². The first kappa shape index (κ1) is 73.8. The number of benzene rings is 2. The van der Waals surface area contributed by atoms with Crippen LogP contribution in [0.1, 0.15) is 300 Å². The zero-order chi connectivity index (χ0) is 53.4. The fourth-order valence-corrected chi connectivity index (χ4v) is 7.72. The molecular formula is C64H104O8Sn. The Bertz CT molecular complexity index is 1470. The van der Waals surface area contributed by atoms with Crippen LogP contribution in [0, 0.1) is 13.8 Å². The molecule has 9 heteroatoms. The van der Waals surface area contributed by atoms with Gasteiger partial charge in [0.25, 0.3) is 0 Å². The average Bonchev–Trinajstić information content (AvgIpc) is 3.39. The number of hydrogen-bond donors (Lipinski definition) is 0. The van der Waals surface area contributed by atoms with Gasteiger partial charge >= 0.3 is 35.8 Å². The Labute approximate surface area is 465 Å². The molecule has 0 spiro atoms. The largest absolute Gasteiger partial charge is 2.00 e. The van der Waals surface area contributed by atoms with Gasteiger partial charge in [-0.25, -0.2) is 9.59 Å². The molecule has 0 atom stereocenters. The maximum Gasteiger partial charge on any atom is 2.00 e. The number of unbranched alkanes of at least 4 members (excludes halogenated alkanes) is 30. The number of esters is 2. The summed E-state index contributed by atoms with van der Waals surface area (Å²) in [6.45, 7) is 17.2. The van der Waals surface area contributed by atoms with Crippen molar-refractivity contribution < 1.29 is 38.9 Å². The summed E-state index contributed by atoms with van der Waals surface area (Å²) in [5.74, 6) is -3.91. The standard InChI is InChI=1S/2C24H36O4.2C8H17.Sn/c2*1-2-3-4-5-6-7-8-9-10-11-12-13-14-17-20-28-24(27)22-19-16-15-18-21(22)23(25)26;2*1-3-5-7-8-6-4-2;/h2*6-7,15-16,18-19H,2-5,8-14,17,20H2,1H3,(H,25,26);2*1,3-8H2,2H3;/q;;;;+2/p-2/b2*7-6+;;;. The number of aromatic carboxylic acids is 2. The summed E-state index contributed by atoms with van der Waals surface area (Å²) in [7, 11) is 0. The van der Waals surface area contributed by atoms with Crippen LogP contribution in [-0.2, 0) is 9.47 Å². The van der Waals surface area contributed by atoms with E-state index in [0.29, 0.717) is 13.2 Å². The van der Waals surface area contributed by atoms with E-state index in [2.05, 4.69) is 65.8 Å². The Hall–Kier alpha value is -3.40. The number of carbonyl (C=O) groups is 4. The Kier molecular flexibility index (Phi) is 60.2. The molecule has 0 aliphatic rings. The maximum atomic E-state index is 12.0. The van der Waals surface area contributed by atoms with Crippen molar-refractivity contribution in [1.29, 1.82) is 0 Å². The van der Waals surface area contributed by atoms with Crippen LogP contribution in [0.4, 0.5) is 0 Å². The van der Waals surface area contributed by atoms with Gasteiger partial charge in [0.15, 0.2) is 0 Å². The van der Waals surface area contributed by atoms with E-state index >= 15 is 0 Å². The van der Waals surface area contributed by atoms with Crippen LogP contribution >= 0.6 is 0 Å². The molecule has 2 aromatic rings. The predicted octanol–water partition coefficient (Wildman–Crippen LogP) is 16.9. The average molecular weight is 1120 g/mol. The monoisotopic (exact) mass is 1120 g/mol. The predicted molar refractivity (Wildman–Crippen MR) is 306 cm³/mol. The van der Waals surface area contributed by atoms with Crippen molar-refractivity contribution in [2.75, 3.05) is 13.2 Å². The molecule has 0 amide bonds. The van der Waals surface area contributed by atoms with E-state index < -0.39 is 23.9 Å². The van der Waals surface area contributed by atoms with Gasteiger partial charge in [0.2, 0.25) is 0 Å². The minimum absolute atomic E-state index is 0. The van der Waals surface area contributed by atoms with Gasteiger partial charge in [0, 0.05) is 11.1 Å². The van der Waals surface area contributed by atoms with Crippen molar-refractivity contribution >= 4 is 47.8 Å². The molecule has 0 fully saturated rings. The Morgan fingerprint density at radius 3 is 0.890 bits per heavy atom. The number of rotatable bonds is 42. The van der Waals surface area contributed by atoms with Crippen molar-refractivity contribution in [3.8, 4) is 0 Å². The third-order valence-corrected chi connectivity index (χ3v) is 12.2. The van der Waals surface area contributed by atoms with Crippen molar-refractivity contribution in [2.45, 2.75) is 259 Å². The van der Waals surface area contributed by atoms with Crippen molar-refractivity contribution in [1.82, 2.24) is 0 Å². The molecule has 0 aliphatic carbocycles. The Morgan fingerprint density at radius 1 is 0.370 bits per heavy atom. The van der Waals surface area contributed by atoms with Crippen LogP contribution in [-0.4, -0.2) is 61.0 Å². The van der Waals surface area contributed by atoms with Gasteiger partial charge in [-0.15, -0.1) is 0 Å². The second-order valence-corrected chi connectivity index (χ2v) is 18.9. The molecule has 0 aliphatic heterocycles. The van der Waals surface area contributed by atoms with Gasteiger partial charge in [-0.2, -0.15) is 0 Å². The molecule has 2 rings (SSSR count). The van der Waals surface area contributed by atoms with E-state index in [4.69, 9.17) is 9.47 Å². The molecule has 0 saturated heterocycles. The summed E-state index contributed by atoms with van der Waals surface area (Å²) < 4.78 is 10.4. The number of allylic oxidation sites excluding steroid dienone is 4. The molecular weight excluding hydrogens is 1020 g/mol. The molecule has 73 heavy (non-hydrogen) atoms. The Morgan fingerprint density at radius 2 is 0.603 bits per heavy atom. The van der Waals surface area contributed by atoms with Crippen LogP contribution in [0.3, 0.4) is 0 Å². The smallest absolute Gasteiger partial charge is 0.545 e. The van der Waals surface area contributed by atoms with Crippen molar-refractivity contribution in [2.24, 2.45) is 0 Å². The van der Waals surface area contributed by atoms with Crippen molar-refractivity contribution in [3.63, 3.8) is 0 Å². The molecule has 4 radical (unpaired) electrons. The second kappa shape index (κ2) is 59.5. The van der Waals surface area contributed by atoms with Gasteiger partial charge in [0.05, 0.1) is 36.3 Å². The third-order valence-electron chi connectivity index (χ3n) is 12.2. The van der Waals surface area contributed by atoms with Gasteiger partial charge in [-0.3, -0.25) is 0 Å². The molecule has 0 unspecified atom stereocenters. The fraction of sp³-hybridized carbons (Fsp3) is 0.656. The summed E-state index contributed by atoms with van der Waals surface area (Å²) >= 11 is 0. The van der Waals surface area contributed by atoms with Gasteiger partial charge in [-0.05, 0) is 76.3 Å². The van der Waals surface area contributed by atoms with E-state index in [9.17, 15) is 29.4 Å². The fourth-order valence-electron chi connectivity index (χ4n) is 7.72. The number of carbonyl (C=O) groups excluding carboxylic acids is 4. The molecule has 0 saturated carbocycles. The minimum Gasteiger partial charge on any atom is -0.545 e. The van der Waals surface area contributed by atoms with Crippen LogP contribution < -0.4 is 10.2 Å². The van der Waals surface area contributed by atoms with Crippen LogP contribution in [0.5, 0.6) is 0 Å². The van der Waals surface area contributed by atoms with Gasteiger partial charge < -0.3 is 29.3 Å². The van der Waals surface area contributed by atoms with E-state index in [1.165, 1.54) is 204 Å². The van der Waals surface area contributed by atoms with E-state index in [1.807, 2.05) is 0 Å². The van der Waals surface area contributed by atoms with E-state index in [1.54, 1.807) is 24.3 Å². The normalized spacial score (nSPS) is 10.6. The first-order valence-corrected chi connectivity index (χ1v) is 29.0. The van der Waals surface area contributed by atoms with Gasteiger partial charge in [0.1, 0.15) is 0 Å². The molecule has 0 N–H and O–H groups in total. The van der Waals surface area contributed by atoms with Crippen LogP contribution in [0.25, 0.3) is 0 Å². The molecule has 0 heterocycles. The number of carboxylic acids is 2. The maximum absolute atomic E-state index is 12.0. The Balaban J connectivity index is -0.00000102. The molecule has 412 valence electrons. The van der Waals surface area contributed by atoms with E-state index in [0.717, 1.165) is 51.4 Å². The summed E-state index contributed by atoms with van der Waals surface area (Å²) in [6.07, 6.45) is 53.8. The number of ether oxygens (including phenoxy) is 2. The van der Waals surface area contributed by atoms with Crippen LogP contribution in [0.2, 0.25) is 0 Å². The number of carboxylic acid groups (broad SMARTS) is 2. The molecule has 8 nitrogen and oxygen atoms in total. The van der Waals surface area contributed by atoms with E-state index in [-0.39, 0.29) is 46.2 Å².